The van der Waals surface area contributed by atoms with Crippen molar-refractivity contribution in [1.82, 2.24) is 0 Å². The molecule has 2 atom stereocenters. The van der Waals surface area contributed by atoms with E-state index in [1.807, 2.05) is 13.0 Å². The molecule has 0 N–H and O–H groups in total. The number of esters is 1. The summed E-state index contributed by atoms with van der Waals surface area (Å²) in [7, 11) is 0. The fourth-order valence-electron chi connectivity index (χ4n) is 2.22. The molecule has 0 saturated heterocycles. The van der Waals surface area contributed by atoms with Gasteiger partial charge >= 0.3 is 5.97 Å². The van der Waals surface area contributed by atoms with E-state index in [1.165, 1.54) is 0 Å². The molecule has 0 heterocycles. The van der Waals surface area contributed by atoms with Gasteiger partial charge in [0.25, 0.3) is 0 Å². The number of rotatable bonds is 2. The summed E-state index contributed by atoms with van der Waals surface area (Å²) in [6.07, 6.45) is 1.51. The Hall–Kier alpha value is -1.64. The smallest absolute Gasteiger partial charge is 0.338 e. The summed E-state index contributed by atoms with van der Waals surface area (Å²) in [5.74, 6) is 0.164. The van der Waals surface area contributed by atoms with Gasteiger partial charge in [-0.25, -0.2) is 4.79 Å². The van der Waals surface area contributed by atoms with Crippen molar-refractivity contribution < 1.29 is 14.3 Å². The Bertz CT molecular complexity index is 411. The van der Waals surface area contributed by atoms with Gasteiger partial charge in [-0.2, -0.15) is 0 Å². The topological polar surface area (TPSA) is 43.4 Å². The lowest BCUT2D eigenvalue weighted by Crippen LogP contribution is -2.29. The first-order valence-electron chi connectivity index (χ1n) is 5.93. The molecule has 0 spiro atoms. The van der Waals surface area contributed by atoms with Crippen LogP contribution in [0.25, 0.3) is 0 Å². The third kappa shape index (κ3) is 3.16. The number of hydrogen-bond acceptors (Lipinski definition) is 3. The minimum absolute atomic E-state index is 0.189. The van der Waals surface area contributed by atoms with Crippen LogP contribution in [-0.2, 0) is 9.53 Å². The first-order valence-corrected chi connectivity index (χ1v) is 5.93. The van der Waals surface area contributed by atoms with E-state index in [9.17, 15) is 9.59 Å². The van der Waals surface area contributed by atoms with Crippen molar-refractivity contribution in [1.29, 1.82) is 0 Å². The van der Waals surface area contributed by atoms with Crippen LogP contribution in [-0.4, -0.2) is 17.9 Å². The molecule has 1 aliphatic rings. The van der Waals surface area contributed by atoms with E-state index in [0.717, 1.165) is 6.42 Å². The van der Waals surface area contributed by atoms with Gasteiger partial charge in [0.05, 0.1) is 5.56 Å². The SMILES string of the molecule is C[C@@H]1CC(=O)C[C@H](OC(=O)c2ccccc2)C1. The maximum Gasteiger partial charge on any atom is 0.338 e. The summed E-state index contributed by atoms with van der Waals surface area (Å²) >= 11 is 0. The van der Waals surface area contributed by atoms with Crippen molar-refractivity contribution in [3.05, 3.63) is 35.9 Å². The van der Waals surface area contributed by atoms with Crippen molar-refractivity contribution >= 4 is 11.8 Å². The molecule has 1 aromatic rings. The molecule has 1 fully saturated rings. The van der Waals surface area contributed by atoms with Crippen LogP contribution in [0.1, 0.15) is 36.5 Å². The van der Waals surface area contributed by atoms with E-state index in [2.05, 4.69) is 0 Å². The minimum Gasteiger partial charge on any atom is -0.458 e. The number of carbonyl (C=O) groups is 2. The highest BCUT2D eigenvalue weighted by molar-refractivity contribution is 5.89. The highest BCUT2D eigenvalue weighted by Gasteiger charge is 2.27. The molecule has 0 aliphatic heterocycles. The second-order valence-electron chi connectivity index (χ2n) is 4.68. The molecule has 1 aromatic carbocycles. The number of hydrogen-bond donors (Lipinski definition) is 0. The molecule has 0 radical (unpaired) electrons. The van der Waals surface area contributed by atoms with Crippen LogP contribution in [0.3, 0.4) is 0 Å². The molecule has 3 nitrogen and oxygen atoms in total. The summed E-state index contributed by atoms with van der Waals surface area (Å²) < 4.78 is 5.36. The summed E-state index contributed by atoms with van der Waals surface area (Å²) in [5.41, 5.74) is 0.540. The summed E-state index contributed by atoms with van der Waals surface area (Å²) in [6.45, 7) is 2.01. The molecule has 0 amide bonds. The van der Waals surface area contributed by atoms with E-state index >= 15 is 0 Å². The number of carbonyl (C=O) groups excluding carboxylic acids is 2. The fourth-order valence-corrected chi connectivity index (χ4v) is 2.22. The van der Waals surface area contributed by atoms with Crippen molar-refractivity contribution in [2.24, 2.45) is 5.92 Å². The zero-order valence-electron chi connectivity index (χ0n) is 9.89. The van der Waals surface area contributed by atoms with Gasteiger partial charge in [0.1, 0.15) is 11.9 Å². The van der Waals surface area contributed by atoms with Crippen LogP contribution < -0.4 is 0 Å². The Labute approximate surface area is 101 Å². The van der Waals surface area contributed by atoms with Crippen LogP contribution >= 0.6 is 0 Å². The molecular formula is C14H16O3. The van der Waals surface area contributed by atoms with Gasteiger partial charge in [0, 0.05) is 12.8 Å². The van der Waals surface area contributed by atoms with Crippen LogP contribution in [0.15, 0.2) is 30.3 Å². The van der Waals surface area contributed by atoms with Crippen LogP contribution in [0.4, 0.5) is 0 Å². The van der Waals surface area contributed by atoms with Gasteiger partial charge in [-0.15, -0.1) is 0 Å². The Balaban J connectivity index is 1.97. The van der Waals surface area contributed by atoms with Crippen molar-refractivity contribution in [3.63, 3.8) is 0 Å². The monoisotopic (exact) mass is 232 g/mol. The number of benzene rings is 1. The Morgan fingerprint density at radius 1 is 1.24 bits per heavy atom. The number of ether oxygens (including phenoxy) is 1. The highest BCUT2D eigenvalue weighted by atomic mass is 16.5. The summed E-state index contributed by atoms with van der Waals surface area (Å²) in [5, 5.41) is 0. The predicted octanol–water partition coefficient (Wildman–Crippen LogP) is 2.60. The first-order chi connectivity index (χ1) is 8.15. The largest absolute Gasteiger partial charge is 0.458 e. The van der Waals surface area contributed by atoms with Gasteiger partial charge in [-0.05, 0) is 24.5 Å². The zero-order valence-corrected chi connectivity index (χ0v) is 9.89. The quantitative estimate of drug-likeness (QED) is 0.736. The first kappa shape index (κ1) is 11.8. The zero-order chi connectivity index (χ0) is 12.3. The molecule has 0 bridgehead atoms. The van der Waals surface area contributed by atoms with Crippen molar-refractivity contribution in [2.75, 3.05) is 0 Å². The van der Waals surface area contributed by atoms with Crippen molar-refractivity contribution in [2.45, 2.75) is 32.3 Å². The standard InChI is InChI=1S/C14H16O3/c1-10-7-12(15)9-13(8-10)17-14(16)11-5-3-2-4-6-11/h2-6,10,13H,7-9H2,1H3/t10-,13-/m1/s1. The molecule has 1 saturated carbocycles. The van der Waals surface area contributed by atoms with Crippen LogP contribution in [0.2, 0.25) is 0 Å². The lowest BCUT2D eigenvalue weighted by atomic mass is 9.88. The summed E-state index contributed by atoms with van der Waals surface area (Å²) in [4.78, 5) is 23.2. The maximum atomic E-state index is 11.8. The molecule has 0 unspecified atom stereocenters. The van der Waals surface area contributed by atoms with E-state index < -0.39 is 0 Å². The Morgan fingerprint density at radius 2 is 1.94 bits per heavy atom. The van der Waals surface area contributed by atoms with E-state index in [-0.39, 0.29) is 17.9 Å². The molecule has 90 valence electrons. The minimum atomic E-state index is -0.336. The number of Topliss-reactive ketones (excluding diaryl/α,β-unsaturated/α-hetero) is 1. The molecule has 2 rings (SSSR count). The second kappa shape index (κ2) is 5.13. The van der Waals surface area contributed by atoms with Crippen molar-refractivity contribution in [3.8, 4) is 0 Å². The van der Waals surface area contributed by atoms with Crippen LogP contribution in [0, 0.1) is 5.92 Å². The fraction of sp³-hybridized carbons (Fsp3) is 0.429. The number of ketones is 1. The van der Waals surface area contributed by atoms with Crippen LogP contribution in [0.5, 0.6) is 0 Å². The van der Waals surface area contributed by atoms with Gasteiger partial charge in [-0.1, -0.05) is 25.1 Å². The summed E-state index contributed by atoms with van der Waals surface area (Å²) in [6, 6.07) is 8.88. The second-order valence-corrected chi connectivity index (χ2v) is 4.68. The van der Waals surface area contributed by atoms with E-state index in [0.29, 0.717) is 24.3 Å². The lowest BCUT2D eigenvalue weighted by molar-refractivity contribution is -0.124. The normalized spacial score (nSPS) is 24.4. The van der Waals surface area contributed by atoms with E-state index in [4.69, 9.17) is 4.74 Å². The van der Waals surface area contributed by atoms with Gasteiger partial charge in [-0.3, -0.25) is 4.79 Å². The molecule has 17 heavy (non-hydrogen) atoms. The average molecular weight is 232 g/mol. The van der Waals surface area contributed by atoms with Gasteiger partial charge in [0.15, 0.2) is 0 Å². The van der Waals surface area contributed by atoms with Gasteiger partial charge in [0.2, 0.25) is 0 Å². The predicted molar refractivity (Wildman–Crippen MR) is 63.7 cm³/mol. The highest BCUT2D eigenvalue weighted by Crippen LogP contribution is 2.24. The Morgan fingerprint density at radius 3 is 2.59 bits per heavy atom. The maximum absolute atomic E-state index is 11.8. The third-order valence-electron chi connectivity index (χ3n) is 2.98. The average Bonchev–Trinajstić information content (AvgIpc) is 2.28. The van der Waals surface area contributed by atoms with Gasteiger partial charge < -0.3 is 4.74 Å². The molecule has 3 heteroatoms. The Kier molecular flexibility index (Phi) is 3.57. The molecule has 1 aliphatic carbocycles. The molecule has 0 aromatic heterocycles. The molecular weight excluding hydrogens is 216 g/mol. The third-order valence-corrected chi connectivity index (χ3v) is 2.98. The van der Waals surface area contributed by atoms with E-state index in [1.54, 1.807) is 24.3 Å². The lowest BCUT2D eigenvalue weighted by Gasteiger charge is -2.25.